The number of hydrogen-bond donors (Lipinski definition) is 3. The highest BCUT2D eigenvalue weighted by atomic mass is 32.1. The van der Waals surface area contributed by atoms with E-state index in [0.717, 1.165) is 47.4 Å². The van der Waals surface area contributed by atoms with Gasteiger partial charge in [-0.25, -0.2) is 9.78 Å². The van der Waals surface area contributed by atoms with Gasteiger partial charge in [-0.15, -0.1) is 11.3 Å². The number of benzene rings is 1. The van der Waals surface area contributed by atoms with Crippen molar-refractivity contribution in [3.8, 4) is 10.4 Å². The summed E-state index contributed by atoms with van der Waals surface area (Å²) in [6.45, 7) is 7.86. The first-order valence-corrected chi connectivity index (χ1v) is 14.1. The number of nitrogens with zero attached hydrogens (tertiary/aromatic N) is 2. The van der Waals surface area contributed by atoms with Gasteiger partial charge in [0.25, 0.3) is 0 Å². The number of aromatic nitrogens is 1. The van der Waals surface area contributed by atoms with Gasteiger partial charge in [0, 0.05) is 19.5 Å². The Morgan fingerprint density at radius 2 is 1.87 bits per heavy atom. The summed E-state index contributed by atoms with van der Waals surface area (Å²) in [6, 6.07) is 6.19. The van der Waals surface area contributed by atoms with Crippen molar-refractivity contribution in [1.82, 2.24) is 20.5 Å². The Balaban J connectivity index is 1.39. The van der Waals surface area contributed by atoms with Crippen LogP contribution in [-0.4, -0.2) is 63.7 Å². The van der Waals surface area contributed by atoms with E-state index in [0.29, 0.717) is 6.54 Å². The maximum atomic E-state index is 13.6. The first-order chi connectivity index (χ1) is 18.0. The van der Waals surface area contributed by atoms with Gasteiger partial charge in [0.05, 0.1) is 22.2 Å². The molecular formula is C28H38N4O5S. The maximum Gasteiger partial charge on any atom is 0.408 e. The fourth-order valence-corrected chi connectivity index (χ4v) is 5.90. The number of ether oxygens (including phenoxy) is 1. The molecule has 2 aromatic rings. The van der Waals surface area contributed by atoms with E-state index in [1.807, 2.05) is 57.5 Å². The summed E-state index contributed by atoms with van der Waals surface area (Å²) in [7, 11) is 0. The first-order valence-electron chi connectivity index (χ1n) is 13.3. The van der Waals surface area contributed by atoms with Crippen molar-refractivity contribution in [2.75, 3.05) is 6.54 Å². The van der Waals surface area contributed by atoms with Crippen LogP contribution in [0.2, 0.25) is 0 Å². The highest BCUT2D eigenvalue weighted by Gasteiger charge is 2.44. The molecule has 2 heterocycles. The molecule has 10 heteroatoms. The van der Waals surface area contributed by atoms with E-state index in [-0.39, 0.29) is 25.0 Å². The third-order valence-electron chi connectivity index (χ3n) is 7.24. The predicted octanol–water partition coefficient (Wildman–Crippen LogP) is 3.78. The zero-order valence-electron chi connectivity index (χ0n) is 22.5. The summed E-state index contributed by atoms with van der Waals surface area (Å²) in [5.74, 6) is -0.736. The van der Waals surface area contributed by atoms with Gasteiger partial charge in [-0.3, -0.25) is 9.59 Å². The molecule has 1 saturated heterocycles. The monoisotopic (exact) mass is 542 g/mol. The van der Waals surface area contributed by atoms with E-state index >= 15 is 0 Å². The molecular weight excluding hydrogens is 504 g/mol. The third-order valence-corrected chi connectivity index (χ3v) is 8.22. The normalized spacial score (nSPS) is 20.8. The average Bonchev–Trinajstić information content (AvgIpc) is 3.62. The molecule has 1 aliphatic heterocycles. The summed E-state index contributed by atoms with van der Waals surface area (Å²) in [5.41, 5.74) is 4.17. The fourth-order valence-electron chi connectivity index (χ4n) is 5.09. The van der Waals surface area contributed by atoms with Gasteiger partial charge in [0.1, 0.15) is 18.2 Å². The van der Waals surface area contributed by atoms with E-state index in [1.54, 1.807) is 11.3 Å². The van der Waals surface area contributed by atoms with Crippen LogP contribution in [-0.2, 0) is 20.9 Å². The topological polar surface area (TPSA) is 121 Å². The molecule has 3 N–H and O–H groups in total. The Labute approximate surface area is 228 Å². The van der Waals surface area contributed by atoms with Crippen molar-refractivity contribution >= 4 is 29.2 Å². The number of amides is 3. The average molecular weight is 543 g/mol. The van der Waals surface area contributed by atoms with Gasteiger partial charge in [0.2, 0.25) is 11.8 Å². The van der Waals surface area contributed by atoms with E-state index in [4.69, 9.17) is 4.74 Å². The molecule has 0 radical (unpaired) electrons. The number of rotatable bonds is 7. The molecule has 38 heavy (non-hydrogen) atoms. The standard InChI is InChI=1S/C28H38N4O5S/c1-17-23(38-16-30-17)19-11-9-18(10-12-19)14-29-25(34)22-13-20(33)15-32(22)26(35)24(28(2,3)4)31-27(36)37-21-7-5-6-8-21/h9-12,16,20-22,24,33H,5-8,13-15H2,1-4H3,(H,29,34)(H,31,36)/t20-,22+,24-/m1/s1. The minimum absolute atomic E-state index is 0.0335. The van der Waals surface area contributed by atoms with Crippen molar-refractivity contribution in [3.05, 3.63) is 41.0 Å². The van der Waals surface area contributed by atoms with E-state index in [1.165, 1.54) is 4.90 Å². The number of aryl methyl sites for hydroxylation is 1. The highest BCUT2D eigenvalue weighted by molar-refractivity contribution is 7.13. The number of alkyl carbamates (subject to hydrolysis) is 1. The van der Waals surface area contributed by atoms with Crippen molar-refractivity contribution in [1.29, 1.82) is 0 Å². The quantitative estimate of drug-likeness (QED) is 0.490. The third kappa shape index (κ3) is 6.71. The Bertz CT molecular complexity index is 1140. The number of aliphatic hydroxyl groups excluding tert-OH is 1. The second-order valence-corrected chi connectivity index (χ2v) is 12.2. The van der Waals surface area contributed by atoms with Crippen LogP contribution in [0, 0.1) is 12.3 Å². The smallest absolute Gasteiger partial charge is 0.408 e. The Morgan fingerprint density at radius 3 is 2.47 bits per heavy atom. The number of carbonyl (C=O) groups is 3. The van der Waals surface area contributed by atoms with Crippen molar-refractivity contribution < 1.29 is 24.2 Å². The van der Waals surface area contributed by atoms with Crippen LogP contribution in [0.15, 0.2) is 29.8 Å². The lowest BCUT2D eigenvalue weighted by molar-refractivity contribution is -0.142. The van der Waals surface area contributed by atoms with E-state index in [9.17, 15) is 19.5 Å². The molecule has 0 unspecified atom stereocenters. The van der Waals surface area contributed by atoms with Crippen LogP contribution in [0.4, 0.5) is 4.79 Å². The zero-order valence-corrected chi connectivity index (χ0v) is 23.3. The van der Waals surface area contributed by atoms with Crippen LogP contribution < -0.4 is 10.6 Å². The molecule has 1 saturated carbocycles. The van der Waals surface area contributed by atoms with Crippen LogP contribution in [0.25, 0.3) is 10.4 Å². The number of hydrogen-bond acceptors (Lipinski definition) is 7. The van der Waals surface area contributed by atoms with Crippen molar-refractivity contribution in [3.63, 3.8) is 0 Å². The lowest BCUT2D eigenvalue weighted by atomic mass is 9.85. The molecule has 4 rings (SSSR count). The SMILES string of the molecule is Cc1ncsc1-c1ccc(CNC(=O)[C@@H]2C[C@@H](O)CN2C(=O)[C@@H](NC(=O)OC2CCCC2)C(C)(C)C)cc1. The molecule has 0 spiro atoms. The lowest BCUT2D eigenvalue weighted by Crippen LogP contribution is -2.58. The van der Waals surface area contributed by atoms with E-state index in [2.05, 4.69) is 15.6 Å². The highest BCUT2D eigenvalue weighted by Crippen LogP contribution is 2.28. The molecule has 2 aliphatic rings. The molecule has 3 amide bonds. The van der Waals surface area contributed by atoms with Crippen molar-refractivity contribution in [2.45, 2.75) is 90.6 Å². The molecule has 0 bridgehead atoms. The first kappa shape index (κ1) is 28.0. The number of β-amino-alcohol motifs (C(OH)–C–C–N with tert-alkyl or cyclic N) is 1. The summed E-state index contributed by atoms with van der Waals surface area (Å²) in [6.07, 6.45) is 2.29. The lowest BCUT2D eigenvalue weighted by Gasteiger charge is -2.35. The summed E-state index contributed by atoms with van der Waals surface area (Å²) < 4.78 is 5.52. The predicted molar refractivity (Wildman–Crippen MR) is 145 cm³/mol. The van der Waals surface area contributed by atoms with Crippen LogP contribution >= 0.6 is 11.3 Å². The molecule has 1 aromatic carbocycles. The second kappa shape index (κ2) is 11.8. The van der Waals surface area contributed by atoms with Gasteiger partial charge in [-0.2, -0.15) is 0 Å². The Hall–Kier alpha value is -2.98. The van der Waals surface area contributed by atoms with Gasteiger partial charge in [-0.05, 0) is 49.1 Å². The summed E-state index contributed by atoms with van der Waals surface area (Å²) in [5, 5.41) is 16.0. The molecule has 206 valence electrons. The molecule has 3 atom stereocenters. The number of nitrogens with one attached hydrogen (secondary N) is 2. The maximum absolute atomic E-state index is 13.6. The number of likely N-dealkylation sites (tertiary alicyclic amines) is 1. The Morgan fingerprint density at radius 1 is 1.18 bits per heavy atom. The summed E-state index contributed by atoms with van der Waals surface area (Å²) in [4.78, 5) is 46.2. The molecule has 2 fully saturated rings. The van der Waals surface area contributed by atoms with Crippen LogP contribution in [0.5, 0.6) is 0 Å². The zero-order chi connectivity index (χ0) is 27.4. The largest absolute Gasteiger partial charge is 0.446 e. The van der Waals surface area contributed by atoms with Gasteiger partial charge in [0.15, 0.2) is 0 Å². The van der Waals surface area contributed by atoms with Crippen LogP contribution in [0.3, 0.4) is 0 Å². The van der Waals surface area contributed by atoms with Gasteiger partial charge in [-0.1, -0.05) is 45.0 Å². The van der Waals surface area contributed by atoms with E-state index < -0.39 is 35.6 Å². The molecule has 1 aromatic heterocycles. The second-order valence-electron chi connectivity index (χ2n) is 11.3. The molecule has 9 nitrogen and oxygen atoms in total. The number of carbonyl (C=O) groups excluding carboxylic acids is 3. The van der Waals surface area contributed by atoms with Crippen LogP contribution in [0.1, 0.15) is 64.1 Å². The Kier molecular flexibility index (Phi) is 8.72. The minimum Gasteiger partial charge on any atom is -0.446 e. The number of thiazole rings is 1. The van der Waals surface area contributed by atoms with Gasteiger partial charge >= 0.3 is 6.09 Å². The minimum atomic E-state index is -0.903. The fraction of sp³-hybridized carbons (Fsp3) is 0.571. The molecule has 1 aliphatic carbocycles. The summed E-state index contributed by atoms with van der Waals surface area (Å²) >= 11 is 1.59. The van der Waals surface area contributed by atoms with Crippen molar-refractivity contribution in [2.24, 2.45) is 5.41 Å². The number of aliphatic hydroxyl groups is 1. The van der Waals surface area contributed by atoms with Gasteiger partial charge < -0.3 is 25.4 Å².